The fraction of sp³-hybridized carbons (Fsp3) is 0.206. The number of aromatic nitrogens is 1. The predicted molar refractivity (Wildman–Crippen MR) is 156 cm³/mol. The Balaban J connectivity index is 1.45. The van der Waals surface area contributed by atoms with Crippen LogP contribution in [-0.4, -0.2) is 4.98 Å². The highest BCUT2D eigenvalue weighted by Crippen LogP contribution is 2.54. The molecule has 2 aromatic heterocycles. The van der Waals surface area contributed by atoms with E-state index in [1.54, 1.807) is 0 Å². The van der Waals surface area contributed by atoms with E-state index in [9.17, 15) is 0 Å². The standard InChI is InChI=1S/C34H29NS/c1-33(2,3)22-12-14-24-27-18-21(11-15-28(27)36-29(24)19-22)32-31-26(16-17-35-32)25-13-10-20-8-6-7-9-23(20)30(25)34(31,4)5/h6-19H,1-5H3. The first-order valence-electron chi connectivity index (χ1n) is 12.7. The summed E-state index contributed by atoms with van der Waals surface area (Å²) in [7, 11) is 0. The Kier molecular flexibility index (Phi) is 4.40. The van der Waals surface area contributed by atoms with Crippen molar-refractivity contribution in [3.8, 4) is 22.4 Å². The van der Waals surface area contributed by atoms with Crippen molar-refractivity contribution < 1.29 is 0 Å². The average Bonchev–Trinajstić information content (AvgIpc) is 3.35. The molecule has 0 amide bonds. The van der Waals surface area contributed by atoms with Gasteiger partial charge >= 0.3 is 0 Å². The molecule has 6 aromatic rings. The summed E-state index contributed by atoms with van der Waals surface area (Å²) in [6.45, 7) is 11.6. The van der Waals surface area contributed by atoms with E-state index in [1.807, 2.05) is 17.5 Å². The van der Waals surface area contributed by atoms with Crippen molar-refractivity contribution in [3.63, 3.8) is 0 Å². The van der Waals surface area contributed by atoms with Crippen LogP contribution in [0.2, 0.25) is 0 Å². The molecular formula is C34H29NS. The van der Waals surface area contributed by atoms with Gasteiger partial charge in [-0.15, -0.1) is 11.3 Å². The third-order valence-corrected chi connectivity index (χ3v) is 9.16. The first-order chi connectivity index (χ1) is 17.2. The predicted octanol–water partition coefficient (Wildman–Crippen LogP) is 9.87. The van der Waals surface area contributed by atoms with E-state index in [4.69, 9.17) is 4.98 Å². The molecule has 7 rings (SSSR count). The van der Waals surface area contributed by atoms with Crippen molar-refractivity contribution in [2.24, 2.45) is 0 Å². The van der Waals surface area contributed by atoms with Gasteiger partial charge in [-0.3, -0.25) is 4.98 Å². The van der Waals surface area contributed by atoms with Crippen LogP contribution in [0.15, 0.2) is 85.1 Å². The van der Waals surface area contributed by atoms with Gasteiger partial charge in [0.1, 0.15) is 0 Å². The minimum atomic E-state index is -0.137. The number of benzene rings is 4. The quantitative estimate of drug-likeness (QED) is 0.227. The number of nitrogens with zero attached hydrogens (tertiary/aromatic N) is 1. The van der Waals surface area contributed by atoms with Crippen molar-refractivity contribution in [2.75, 3.05) is 0 Å². The molecule has 4 aromatic carbocycles. The fourth-order valence-electron chi connectivity index (χ4n) is 6.22. The summed E-state index contributed by atoms with van der Waals surface area (Å²) in [5, 5.41) is 5.31. The lowest BCUT2D eigenvalue weighted by atomic mass is 9.78. The first kappa shape index (κ1) is 21.8. The first-order valence-corrected chi connectivity index (χ1v) is 13.5. The van der Waals surface area contributed by atoms with E-state index < -0.39 is 0 Å². The van der Waals surface area contributed by atoms with Gasteiger partial charge in [0.2, 0.25) is 0 Å². The van der Waals surface area contributed by atoms with Crippen LogP contribution in [-0.2, 0) is 10.8 Å². The maximum absolute atomic E-state index is 5.00. The zero-order valence-electron chi connectivity index (χ0n) is 21.4. The molecule has 0 bridgehead atoms. The summed E-state index contributed by atoms with van der Waals surface area (Å²) >= 11 is 1.89. The highest BCUT2D eigenvalue weighted by Gasteiger charge is 2.39. The maximum atomic E-state index is 5.00. The Morgan fingerprint density at radius 2 is 1.50 bits per heavy atom. The molecule has 1 aliphatic carbocycles. The lowest BCUT2D eigenvalue weighted by molar-refractivity contribution is 0.591. The van der Waals surface area contributed by atoms with E-state index >= 15 is 0 Å². The van der Waals surface area contributed by atoms with E-state index in [-0.39, 0.29) is 10.8 Å². The Morgan fingerprint density at radius 3 is 2.33 bits per heavy atom. The van der Waals surface area contributed by atoms with Gasteiger partial charge in [0.15, 0.2) is 0 Å². The highest BCUT2D eigenvalue weighted by atomic mass is 32.1. The second-order valence-electron chi connectivity index (χ2n) is 11.7. The molecule has 0 fully saturated rings. The zero-order chi connectivity index (χ0) is 24.8. The molecule has 0 atom stereocenters. The number of pyridine rings is 1. The summed E-state index contributed by atoms with van der Waals surface area (Å²) in [6, 6.07) is 29.4. The molecule has 0 saturated heterocycles. The Bertz CT molecular complexity index is 1850. The molecule has 0 spiro atoms. The van der Waals surface area contributed by atoms with Crippen molar-refractivity contribution >= 4 is 42.3 Å². The molecule has 0 aliphatic heterocycles. The van der Waals surface area contributed by atoms with Crippen LogP contribution in [0, 0.1) is 0 Å². The molecule has 36 heavy (non-hydrogen) atoms. The van der Waals surface area contributed by atoms with Crippen LogP contribution in [0.1, 0.15) is 51.3 Å². The molecule has 2 heterocycles. The molecule has 0 unspecified atom stereocenters. The molecule has 0 saturated carbocycles. The van der Waals surface area contributed by atoms with Gasteiger partial charge in [-0.1, -0.05) is 89.2 Å². The summed E-state index contributed by atoms with van der Waals surface area (Å²) in [4.78, 5) is 5.00. The topological polar surface area (TPSA) is 12.9 Å². The molecule has 1 nitrogen and oxygen atoms in total. The number of rotatable bonds is 1. The minimum absolute atomic E-state index is 0.137. The van der Waals surface area contributed by atoms with Gasteiger partial charge in [-0.2, -0.15) is 0 Å². The molecule has 0 radical (unpaired) electrons. The van der Waals surface area contributed by atoms with Gasteiger partial charge in [-0.05, 0) is 68.3 Å². The van der Waals surface area contributed by atoms with Crippen LogP contribution >= 0.6 is 11.3 Å². The van der Waals surface area contributed by atoms with Crippen LogP contribution in [0.5, 0.6) is 0 Å². The average molecular weight is 484 g/mol. The van der Waals surface area contributed by atoms with E-state index in [2.05, 4.69) is 113 Å². The van der Waals surface area contributed by atoms with Crippen LogP contribution < -0.4 is 0 Å². The van der Waals surface area contributed by atoms with Crippen LogP contribution in [0.4, 0.5) is 0 Å². The van der Waals surface area contributed by atoms with E-state index in [0.29, 0.717) is 0 Å². The number of hydrogen-bond acceptors (Lipinski definition) is 2. The fourth-order valence-corrected chi connectivity index (χ4v) is 7.35. The number of thiophene rings is 1. The summed E-state index contributed by atoms with van der Waals surface area (Å²) < 4.78 is 2.70. The Morgan fingerprint density at radius 1 is 0.694 bits per heavy atom. The lowest BCUT2D eigenvalue weighted by Crippen LogP contribution is -2.17. The van der Waals surface area contributed by atoms with Crippen LogP contribution in [0.3, 0.4) is 0 Å². The lowest BCUT2D eigenvalue weighted by Gasteiger charge is -2.25. The molecule has 2 heteroatoms. The van der Waals surface area contributed by atoms with Crippen molar-refractivity contribution in [3.05, 3.63) is 102 Å². The molecule has 1 aliphatic rings. The van der Waals surface area contributed by atoms with Gasteiger partial charge in [-0.25, -0.2) is 0 Å². The summed E-state index contributed by atoms with van der Waals surface area (Å²) in [6.07, 6.45) is 1.99. The summed E-state index contributed by atoms with van der Waals surface area (Å²) in [5.41, 5.74) is 9.11. The van der Waals surface area contributed by atoms with Crippen molar-refractivity contribution in [1.29, 1.82) is 0 Å². The third kappa shape index (κ3) is 2.97. The number of hydrogen-bond donors (Lipinski definition) is 0. The van der Waals surface area contributed by atoms with Gasteiger partial charge in [0.05, 0.1) is 5.69 Å². The second kappa shape index (κ2) is 7.27. The maximum Gasteiger partial charge on any atom is 0.0749 e. The second-order valence-corrected chi connectivity index (χ2v) is 12.8. The highest BCUT2D eigenvalue weighted by molar-refractivity contribution is 7.25. The largest absolute Gasteiger partial charge is 0.256 e. The number of fused-ring (bicyclic) bond motifs is 8. The summed E-state index contributed by atoms with van der Waals surface area (Å²) in [5.74, 6) is 0. The Hall–Kier alpha value is -3.49. The smallest absolute Gasteiger partial charge is 0.0749 e. The molecule has 176 valence electrons. The van der Waals surface area contributed by atoms with Crippen molar-refractivity contribution in [2.45, 2.75) is 45.4 Å². The monoisotopic (exact) mass is 483 g/mol. The van der Waals surface area contributed by atoms with E-state index in [0.717, 1.165) is 5.69 Å². The van der Waals surface area contributed by atoms with Gasteiger partial charge in [0, 0.05) is 37.3 Å². The Labute approximate surface area is 216 Å². The van der Waals surface area contributed by atoms with Gasteiger partial charge < -0.3 is 0 Å². The SMILES string of the molecule is CC(C)(C)c1ccc2c(c1)sc1ccc(-c3nccc4c3C(C)(C)c3c-4ccc4ccccc34)cc12. The third-order valence-electron chi connectivity index (χ3n) is 8.03. The van der Waals surface area contributed by atoms with Crippen molar-refractivity contribution in [1.82, 2.24) is 4.98 Å². The minimum Gasteiger partial charge on any atom is -0.256 e. The normalized spacial score (nSPS) is 14.5. The van der Waals surface area contributed by atoms with E-state index in [1.165, 1.54) is 64.3 Å². The molecular weight excluding hydrogens is 454 g/mol. The zero-order valence-corrected chi connectivity index (χ0v) is 22.3. The van der Waals surface area contributed by atoms with Crippen LogP contribution in [0.25, 0.3) is 53.3 Å². The van der Waals surface area contributed by atoms with Gasteiger partial charge in [0.25, 0.3) is 0 Å². The molecule has 0 N–H and O–H groups in total.